The second-order valence-electron chi connectivity index (χ2n) is 5.00. The maximum Gasteiger partial charge on any atom is 0.266 e. The van der Waals surface area contributed by atoms with Crippen molar-refractivity contribution in [1.82, 2.24) is 4.98 Å². The highest BCUT2D eigenvalue weighted by Crippen LogP contribution is 2.35. The lowest BCUT2D eigenvalue weighted by molar-refractivity contribution is -0.122. The van der Waals surface area contributed by atoms with Crippen LogP contribution in [0.15, 0.2) is 30.5 Å². The number of carbonyl (C=O) groups excluding carboxylic acids is 1. The van der Waals surface area contributed by atoms with Crippen molar-refractivity contribution in [2.75, 3.05) is 12.1 Å². The van der Waals surface area contributed by atoms with E-state index in [-0.39, 0.29) is 23.5 Å². The van der Waals surface area contributed by atoms with E-state index in [1.54, 1.807) is 18.2 Å². The maximum absolute atomic E-state index is 12.4. The number of nitrogens with one attached hydrogen (secondary N) is 1. The molecule has 1 aliphatic rings. The van der Waals surface area contributed by atoms with E-state index < -0.39 is 6.10 Å². The van der Waals surface area contributed by atoms with Gasteiger partial charge in [-0.25, -0.2) is 4.98 Å². The number of amides is 1. The second-order valence-corrected chi connectivity index (χ2v) is 5.85. The lowest BCUT2D eigenvalue weighted by Gasteiger charge is -2.17. The minimum absolute atomic E-state index is 0.178. The number of anilines is 1. The Morgan fingerprint density at radius 3 is 2.88 bits per heavy atom. The Morgan fingerprint density at radius 1 is 1.33 bits per heavy atom. The summed E-state index contributed by atoms with van der Waals surface area (Å²) in [6, 6.07) is 6.65. The molecule has 1 amide bonds. The van der Waals surface area contributed by atoms with Crippen molar-refractivity contribution in [1.29, 1.82) is 0 Å². The van der Waals surface area contributed by atoms with Gasteiger partial charge in [-0.05, 0) is 24.6 Å². The number of carbonyl (C=O) groups is 1. The Hall–Kier alpha value is -2.18. The van der Waals surface area contributed by atoms with E-state index in [9.17, 15) is 4.79 Å². The molecule has 1 aliphatic heterocycles. The van der Waals surface area contributed by atoms with Crippen molar-refractivity contribution >= 4 is 34.9 Å². The molecule has 126 valence electrons. The molecule has 0 unspecified atom stereocenters. The van der Waals surface area contributed by atoms with Crippen LogP contribution in [-0.4, -0.2) is 23.8 Å². The Balaban J connectivity index is 1.70. The summed E-state index contributed by atoms with van der Waals surface area (Å²) in [6.07, 6.45) is 1.16. The molecule has 1 atom stereocenters. The number of benzene rings is 1. The van der Waals surface area contributed by atoms with Gasteiger partial charge in [0, 0.05) is 12.3 Å². The van der Waals surface area contributed by atoms with E-state index in [0.29, 0.717) is 28.7 Å². The largest absolute Gasteiger partial charge is 0.480 e. The van der Waals surface area contributed by atoms with Crippen molar-refractivity contribution < 1.29 is 19.0 Å². The summed E-state index contributed by atoms with van der Waals surface area (Å²) in [5, 5.41) is 3.29. The van der Waals surface area contributed by atoms with Gasteiger partial charge in [0.15, 0.2) is 23.4 Å². The van der Waals surface area contributed by atoms with E-state index in [1.807, 2.05) is 6.92 Å². The molecule has 8 heteroatoms. The van der Waals surface area contributed by atoms with Crippen molar-refractivity contribution in [3.8, 4) is 17.2 Å². The van der Waals surface area contributed by atoms with Crippen LogP contribution in [-0.2, 0) is 4.79 Å². The first kappa shape index (κ1) is 16.7. The molecule has 0 fully saturated rings. The van der Waals surface area contributed by atoms with Gasteiger partial charge >= 0.3 is 0 Å². The van der Waals surface area contributed by atoms with E-state index in [0.717, 1.165) is 0 Å². The summed E-state index contributed by atoms with van der Waals surface area (Å²) in [7, 11) is 0. The molecule has 0 bridgehead atoms. The van der Waals surface area contributed by atoms with E-state index >= 15 is 0 Å². The molecule has 0 aliphatic carbocycles. The van der Waals surface area contributed by atoms with Gasteiger partial charge < -0.3 is 19.5 Å². The molecule has 1 N–H and O–H groups in total. The first-order valence-corrected chi connectivity index (χ1v) is 8.00. The van der Waals surface area contributed by atoms with Crippen molar-refractivity contribution in [3.05, 3.63) is 40.5 Å². The molecular weight excluding hydrogens is 355 g/mol. The van der Waals surface area contributed by atoms with Gasteiger partial charge in [-0.15, -0.1) is 0 Å². The average Bonchev–Trinajstić information content (AvgIpc) is 3.02. The fourth-order valence-corrected chi connectivity index (χ4v) is 2.57. The van der Waals surface area contributed by atoms with E-state index in [2.05, 4.69) is 10.3 Å². The lowest BCUT2D eigenvalue weighted by atomic mass is 10.2. The molecule has 0 spiro atoms. The lowest BCUT2D eigenvalue weighted by Crippen LogP contribution is -2.32. The molecular formula is C16H14Cl2N2O4. The quantitative estimate of drug-likeness (QED) is 0.865. The van der Waals surface area contributed by atoms with Crippen molar-refractivity contribution in [2.45, 2.75) is 19.4 Å². The Labute approximate surface area is 148 Å². The Kier molecular flexibility index (Phi) is 4.97. The fourth-order valence-electron chi connectivity index (χ4n) is 2.14. The number of nitrogens with zero attached hydrogens (tertiary/aromatic N) is 1. The van der Waals surface area contributed by atoms with Gasteiger partial charge in [0.1, 0.15) is 5.75 Å². The second kappa shape index (κ2) is 7.15. The molecule has 3 rings (SSSR count). The molecule has 24 heavy (non-hydrogen) atoms. The van der Waals surface area contributed by atoms with Gasteiger partial charge in [0.25, 0.3) is 5.91 Å². The van der Waals surface area contributed by atoms with Crippen LogP contribution in [0.2, 0.25) is 10.0 Å². The van der Waals surface area contributed by atoms with E-state index in [1.165, 1.54) is 12.3 Å². The first-order chi connectivity index (χ1) is 11.6. The molecule has 6 nitrogen and oxygen atoms in total. The third-order valence-corrected chi connectivity index (χ3v) is 3.83. The fraction of sp³-hybridized carbons (Fsp3) is 0.250. The summed E-state index contributed by atoms with van der Waals surface area (Å²) >= 11 is 11.8. The van der Waals surface area contributed by atoms with Crippen LogP contribution in [0.25, 0.3) is 0 Å². The molecule has 2 aromatic rings. The predicted octanol–water partition coefficient (Wildman–Crippen LogP) is 3.91. The van der Waals surface area contributed by atoms with Crippen LogP contribution >= 0.6 is 23.2 Å². The molecule has 1 aromatic carbocycles. The predicted molar refractivity (Wildman–Crippen MR) is 90.2 cm³/mol. The van der Waals surface area contributed by atoms with Crippen LogP contribution in [0, 0.1) is 0 Å². The van der Waals surface area contributed by atoms with Gasteiger partial charge in [-0.3, -0.25) is 4.79 Å². The average molecular weight is 369 g/mol. The summed E-state index contributed by atoms with van der Waals surface area (Å²) in [4.78, 5) is 16.4. The number of hydrogen-bond donors (Lipinski definition) is 1. The monoisotopic (exact) mass is 368 g/mol. The molecule has 1 aromatic heterocycles. The van der Waals surface area contributed by atoms with Crippen LogP contribution in [0.4, 0.5) is 5.82 Å². The SMILES string of the molecule is CC[C@H](Oc1ccc2c(c1)OCO2)C(=O)Nc1ncc(Cl)cc1Cl. The van der Waals surface area contributed by atoms with Crippen LogP contribution in [0.3, 0.4) is 0 Å². The minimum Gasteiger partial charge on any atom is -0.480 e. The maximum atomic E-state index is 12.4. The zero-order valence-corrected chi connectivity index (χ0v) is 14.2. The smallest absolute Gasteiger partial charge is 0.266 e. The Morgan fingerprint density at radius 2 is 2.12 bits per heavy atom. The highest BCUT2D eigenvalue weighted by Gasteiger charge is 2.22. The highest BCUT2D eigenvalue weighted by molar-refractivity contribution is 6.36. The number of fused-ring (bicyclic) bond motifs is 1. The van der Waals surface area contributed by atoms with E-state index in [4.69, 9.17) is 37.4 Å². The molecule has 0 saturated heterocycles. The van der Waals surface area contributed by atoms with Crippen LogP contribution in [0.5, 0.6) is 17.2 Å². The molecule has 2 heterocycles. The summed E-state index contributed by atoms with van der Waals surface area (Å²) in [6.45, 7) is 2.02. The summed E-state index contributed by atoms with van der Waals surface area (Å²) in [5.41, 5.74) is 0. The number of aromatic nitrogens is 1. The number of rotatable bonds is 5. The summed E-state index contributed by atoms with van der Waals surface area (Å²) < 4.78 is 16.3. The summed E-state index contributed by atoms with van der Waals surface area (Å²) in [5.74, 6) is 1.63. The first-order valence-electron chi connectivity index (χ1n) is 7.25. The normalized spacial score (nSPS) is 13.5. The van der Waals surface area contributed by atoms with Gasteiger partial charge in [0.05, 0.1) is 10.0 Å². The number of ether oxygens (including phenoxy) is 3. The zero-order valence-electron chi connectivity index (χ0n) is 12.7. The third-order valence-electron chi connectivity index (χ3n) is 3.34. The van der Waals surface area contributed by atoms with Gasteiger partial charge in [-0.1, -0.05) is 30.1 Å². The highest BCUT2D eigenvalue weighted by atomic mass is 35.5. The number of pyridine rings is 1. The van der Waals surface area contributed by atoms with Crippen molar-refractivity contribution in [2.24, 2.45) is 0 Å². The number of halogens is 2. The van der Waals surface area contributed by atoms with Gasteiger partial charge in [0.2, 0.25) is 6.79 Å². The third kappa shape index (κ3) is 3.66. The van der Waals surface area contributed by atoms with Crippen LogP contribution in [0.1, 0.15) is 13.3 Å². The van der Waals surface area contributed by atoms with Crippen molar-refractivity contribution in [3.63, 3.8) is 0 Å². The molecule has 0 radical (unpaired) electrons. The minimum atomic E-state index is -0.709. The molecule has 0 saturated carbocycles. The Bertz CT molecular complexity index is 770. The number of hydrogen-bond acceptors (Lipinski definition) is 5. The topological polar surface area (TPSA) is 69.7 Å². The van der Waals surface area contributed by atoms with Gasteiger partial charge in [-0.2, -0.15) is 0 Å². The standard InChI is InChI=1S/C16H14Cl2N2O4/c1-2-12(16(21)20-15-11(18)5-9(17)7-19-15)24-10-3-4-13-14(6-10)23-8-22-13/h3-7,12H,2,8H2,1H3,(H,19,20,21)/t12-/m0/s1. The van der Waals surface area contributed by atoms with Crippen LogP contribution < -0.4 is 19.5 Å². The zero-order chi connectivity index (χ0) is 17.1.